The minimum Gasteiger partial charge on any atom is -0.389 e. The van der Waals surface area contributed by atoms with E-state index in [0.29, 0.717) is 17.3 Å². The van der Waals surface area contributed by atoms with Crippen LogP contribution >= 0.6 is 0 Å². The van der Waals surface area contributed by atoms with E-state index in [2.05, 4.69) is 27.7 Å². The van der Waals surface area contributed by atoms with E-state index >= 15 is 0 Å². The Hall–Kier alpha value is 0.110. The van der Waals surface area contributed by atoms with Crippen molar-refractivity contribution in [3.8, 4) is 0 Å². The van der Waals surface area contributed by atoms with Crippen LogP contribution in [0.2, 0.25) is 0 Å². The zero-order chi connectivity index (χ0) is 18.0. The van der Waals surface area contributed by atoms with Crippen molar-refractivity contribution in [2.75, 3.05) is 11.5 Å². The average Bonchev–Trinajstić information content (AvgIpc) is 3.05. The molecule has 9 atom stereocenters. The van der Waals surface area contributed by atoms with Gasteiger partial charge in [-0.3, -0.25) is 4.21 Å². The zero-order valence-corrected chi connectivity index (χ0v) is 17.5. The summed E-state index contributed by atoms with van der Waals surface area (Å²) in [5, 5.41) is 11.8. The summed E-state index contributed by atoms with van der Waals surface area (Å²) >= 11 is 0. The Morgan fingerprint density at radius 2 is 1.88 bits per heavy atom. The van der Waals surface area contributed by atoms with Gasteiger partial charge in [0.15, 0.2) is 0 Å². The van der Waals surface area contributed by atoms with Crippen molar-refractivity contribution in [3.05, 3.63) is 0 Å². The number of hydrogen-bond donors (Lipinski definition) is 1. The number of rotatable bonds is 4. The highest BCUT2D eigenvalue weighted by Gasteiger charge is 2.83. The Labute approximate surface area is 157 Å². The van der Waals surface area contributed by atoms with Crippen LogP contribution < -0.4 is 0 Å². The van der Waals surface area contributed by atoms with Gasteiger partial charge >= 0.3 is 0 Å². The molecule has 2 nitrogen and oxygen atoms in total. The Morgan fingerprint density at radius 3 is 2.60 bits per heavy atom. The van der Waals surface area contributed by atoms with E-state index in [4.69, 9.17) is 0 Å². The van der Waals surface area contributed by atoms with Crippen molar-refractivity contribution < 1.29 is 9.32 Å². The molecule has 0 amide bonds. The second-order valence-electron chi connectivity index (χ2n) is 10.2. The minimum absolute atomic E-state index is 0.147. The van der Waals surface area contributed by atoms with Crippen molar-refractivity contribution in [2.24, 2.45) is 40.4 Å². The van der Waals surface area contributed by atoms with Crippen molar-refractivity contribution in [1.29, 1.82) is 0 Å². The maximum Gasteiger partial charge on any atom is 0.0778 e. The van der Waals surface area contributed by atoms with Gasteiger partial charge in [-0.25, -0.2) is 0 Å². The van der Waals surface area contributed by atoms with Crippen molar-refractivity contribution in [1.82, 2.24) is 0 Å². The molecule has 0 radical (unpaired) electrons. The molecule has 4 saturated carbocycles. The highest BCUT2D eigenvalue weighted by molar-refractivity contribution is 7.84. The highest BCUT2D eigenvalue weighted by atomic mass is 32.2. The first-order valence-electron chi connectivity index (χ1n) is 10.9. The molecular formula is C22H38O2S. The lowest BCUT2D eigenvalue weighted by Gasteiger charge is -2.59. The summed E-state index contributed by atoms with van der Waals surface area (Å²) in [6.45, 7) is 9.46. The van der Waals surface area contributed by atoms with Crippen molar-refractivity contribution >= 4 is 10.8 Å². The molecule has 3 heteroatoms. The van der Waals surface area contributed by atoms with Gasteiger partial charge < -0.3 is 5.11 Å². The maximum atomic E-state index is 12.4. The fourth-order valence-corrected chi connectivity index (χ4v) is 9.96. The molecule has 0 aromatic heterocycles. The van der Waals surface area contributed by atoms with E-state index in [1.165, 1.54) is 38.5 Å². The lowest BCUT2D eigenvalue weighted by Crippen LogP contribution is -2.54. The molecule has 0 aromatic rings. The molecule has 1 spiro atoms. The quantitative estimate of drug-likeness (QED) is 0.778. The summed E-state index contributed by atoms with van der Waals surface area (Å²) in [5.74, 6) is 4.62. The first-order valence-corrected chi connectivity index (χ1v) is 12.4. The molecule has 4 aliphatic rings. The van der Waals surface area contributed by atoms with E-state index in [9.17, 15) is 9.32 Å². The van der Waals surface area contributed by atoms with Crippen LogP contribution in [-0.4, -0.2) is 26.4 Å². The smallest absolute Gasteiger partial charge is 0.0778 e. The van der Waals surface area contributed by atoms with E-state index in [1.807, 2.05) is 0 Å². The van der Waals surface area contributed by atoms with Gasteiger partial charge in [0.2, 0.25) is 0 Å². The van der Waals surface area contributed by atoms with Crippen LogP contribution in [0, 0.1) is 40.4 Å². The zero-order valence-electron chi connectivity index (χ0n) is 16.7. The van der Waals surface area contributed by atoms with Crippen LogP contribution in [0.15, 0.2) is 0 Å². The summed E-state index contributed by atoms with van der Waals surface area (Å²) in [6.07, 6.45) is 10.0. The monoisotopic (exact) mass is 366 g/mol. The van der Waals surface area contributed by atoms with Gasteiger partial charge in [0.25, 0.3) is 0 Å². The molecule has 1 N–H and O–H groups in total. The van der Waals surface area contributed by atoms with Crippen molar-refractivity contribution in [2.45, 2.75) is 84.7 Å². The second kappa shape index (κ2) is 6.06. The van der Waals surface area contributed by atoms with Crippen LogP contribution in [0.3, 0.4) is 0 Å². The molecule has 0 heterocycles. The Bertz CT molecular complexity index is 562. The predicted octanol–water partition coefficient (Wildman–Crippen LogP) is 4.77. The summed E-state index contributed by atoms with van der Waals surface area (Å²) in [4.78, 5) is 0. The van der Waals surface area contributed by atoms with E-state index in [1.54, 1.807) is 0 Å². The summed E-state index contributed by atoms with van der Waals surface area (Å²) in [7, 11) is -0.752. The Balaban J connectivity index is 1.62. The van der Waals surface area contributed by atoms with E-state index in [-0.39, 0.29) is 11.3 Å². The van der Waals surface area contributed by atoms with Crippen LogP contribution in [0.5, 0.6) is 0 Å². The third-order valence-electron chi connectivity index (χ3n) is 9.54. The molecule has 0 saturated heterocycles. The topological polar surface area (TPSA) is 37.3 Å². The normalized spacial score (nSPS) is 55.6. The highest BCUT2D eigenvalue weighted by Crippen LogP contribution is 2.81. The molecule has 3 unspecified atom stereocenters. The third-order valence-corrected chi connectivity index (χ3v) is 11.2. The maximum absolute atomic E-state index is 12.4. The van der Waals surface area contributed by atoms with Crippen LogP contribution in [-0.2, 0) is 10.8 Å². The largest absolute Gasteiger partial charge is 0.389 e. The molecule has 0 aromatic carbocycles. The molecule has 144 valence electrons. The van der Waals surface area contributed by atoms with Crippen LogP contribution in [0.1, 0.15) is 79.1 Å². The fraction of sp³-hybridized carbons (Fsp3) is 1.00. The second-order valence-corrected chi connectivity index (χ2v) is 11.9. The van der Waals surface area contributed by atoms with Gasteiger partial charge in [0, 0.05) is 33.6 Å². The molecule has 4 rings (SSSR count). The van der Waals surface area contributed by atoms with E-state index in [0.717, 1.165) is 36.2 Å². The molecule has 0 aliphatic heterocycles. The molecular weight excluding hydrogens is 328 g/mol. The molecule has 0 bridgehead atoms. The van der Waals surface area contributed by atoms with Gasteiger partial charge in [0.1, 0.15) is 0 Å². The van der Waals surface area contributed by atoms with Gasteiger partial charge in [-0.2, -0.15) is 0 Å². The van der Waals surface area contributed by atoms with Crippen molar-refractivity contribution in [3.63, 3.8) is 0 Å². The van der Waals surface area contributed by atoms with Gasteiger partial charge in [0.05, 0.1) is 5.60 Å². The standard InChI is InChI=1S/C22H38O2S/c1-5-13-25(24)14-17-8-9-19-20(4)11-6-7-15(2)18(20)10-12-21(19)16(3)22(17,21)23/h15-19,23H,5-14H2,1-4H3/t15-,16?,17?,18+,19-,20+,21+,22-,25?/m0/s1. The minimum atomic E-state index is -0.752. The molecule has 4 fully saturated rings. The number of aliphatic hydroxyl groups is 1. The van der Waals surface area contributed by atoms with Crippen LogP contribution in [0.4, 0.5) is 0 Å². The fourth-order valence-electron chi connectivity index (χ4n) is 8.47. The Morgan fingerprint density at radius 1 is 1.12 bits per heavy atom. The average molecular weight is 367 g/mol. The predicted molar refractivity (Wildman–Crippen MR) is 105 cm³/mol. The van der Waals surface area contributed by atoms with Gasteiger partial charge in [-0.15, -0.1) is 0 Å². The SMILES string of the molecule is CCCS(=O)CC1CC[C@H]2[C@]3(C)CCC[C@H](C)[C@H]3CC[C@@]23C(C)[C@]13O. The number of fused-ring (bicyclic) bond motifs is 2. The lowest BCUT2D eigenvalue weighted by molar-refractivity contribution is -0.129. The first-order chi connectivity index (χ1) is 11.8. The van der Waals surface area contributed by atoms with Crippen LogP contribution in [0.25, 0.3) is 0 Å². The molecule has 4 aliphatic carbocycles. The van der Waals surface area contributed by atoms with Gasteiger partial charge in [-0.1, -0.05) is 40.5 Å². The molecule has 25 heavy (non-hydrogen) atoms. The Kier molecular flexibility index (Phi) is 4.47. The summed E-state index contributed by atoms with van der Waals surface area (Å²) in [5.41, 5.74) is 0.0603. The lowest BCUT2D eigenvalue weighted by atomic mass is 9.46. The summed E-state index contributed by atoms with van der Waals surface area (Å²) < 4.78 is 12.4. The van der Waals surface area contributed by atoms with E-state index < -0.39 is 16.4 Å². The first kappa shape index (κ1) is 18.5. The van der Waals surface area contributed by atoms with Gasteiger partial charge in [-0.05, 0) is 67.6 Å². The number of hydrogen-bond acceptors (Lipinski definition) is 2. The third kappa shape index (κ3) is 2.27. The summed E-state index contributed by atoms with van der Waals surface area (Å²) in [6, 6.07) is 0.